The van der Waals surface area contributed by atoms with Gasteiger partial charge in [0, 0.05) is 18.1 Å². The summed E-state index contributed by atoms with van der Waals surface area (Å²) in [6.07, 6.45) is 0.0402. The van der Waals surface area contributed by atoms with Crippen molar-refractivity contribution in [3.05, 3.63) is 59.0 Å². The Morgan fingerprint density at radius 2 is 1.77 bits per heavy atom. The summed E-state index contributed by atoms with van der Waals surface area (Å²) in [6.45, 7) is 3.75. The van der Waals surface area contributed by atoms with Crippen molar-refractivity contribution in [2.24, 2.45) is 0 Å². The number of hydrogen-bond acceptors (Lipinski definition) is 8. The number of ether oxygens (including phenoxy) is 3. The van der Waals surface area contributed by atoms with Crippen LogP contribution >= 0.6 is 0 Å². The van der Waals surface area contributed by atoms with Crippen LogP contribution in [0.5, 0.6) is 11.5 Å². The predicted molar refractivity (Wildman–Crippen MR) is 112 cm³/mol. The number of carbonyl (C=O) groups is 2. The highest BCUT2D eigenvalue weighted by Gasteiger charge is 2.16. The van der Waals surface area contributed by atoms with Crippen LogP contribution in [0.3, 0.4) is 0 Å². The molecule has 0 aliphatic rings. The Balaban J connectivity index is 1.54. The smallest absolute Gasteiger partial charge is 0.306 e. The molecule has 0 fully saturated rings. The molecule has 8 nitrogen and oxygen atoms in total. The summed E-state index contributed by atoms with van der Waals surface area (Å²) < 4.78 is 20.8. The van der Waals surface area contributed by atoms with E-state index in [4.69, 9.17) is 18.7 Å². The number of methoxy groups -OCH3 is 2. The Morgan fingerprint density at radius 1 is 0.968 bits per heavy atom. The second-order valence-electron chi connectivity index (χ2n) is 6.96. The topological polar surface area (TPSA) is 101 Å². The van der Waals surface area contributed by atoms with Crippen LogP contribution in [0.15, 0.2) is 40.9 Å². The van der Waals surface area contributed by atoms with Crippen molar-refractivity contribution in [3.63, 3.8) is 0 Å². The van der Waals surface area contributed by atoms with Gasteiger partial charge < -0.3 is 18.7 Å². The summed E-state index contributed by atoms with van der Waals surface area (Å²) in [5.41, 5.74) is 3.35. The van der Waals surface area contributed by atoms with Crippen molar-refractivity contribution < 1.29 is 28.3 Å². The van der Waals surface area contributed by atoms with Gasteiger partial charge >= 0.3 is 5.97 Å². The number of Topliss-reactive ketones (excluding diaryl/α,β-unsaturated/α-hetero) is 1. The van der Waals surface area contributed by atoms with E-state index >= 15 is 0 Å². The van der Waals surface area contributed by atoms with Gasteiger partial charge in [0.2, 0.25) is 5.82 Å². The fourth-order valence-corrected chi connectivity index (χ4v) is 2.90. The van der Waals surface area contributed by atoms with Crippen molar-refractivity contribution in [2.75, 3.05) is 14.2 Å². The number of aryl methyl sites for hydroxylation is 2. The summed E-state index contributed by atoms with van der Waals surface area (Å²) in [4.78, 5) is 28.5. The first-order valence-corrected chi connectivity index (χ1v) is 9.72. The van der Waals surface area contributed by atoms with Gasteiger partial charge in [0.1, 0.15) is 11.5 Å². The van der Waals surface area contributed by atoms with Crippen LogP contribution in [-0.2, 0) is 16.1 Å². The van der Waals surface area contributed by atoms with Gasteiger partial charge in [-0.1, -0.05) is 17.3 Å². The third kappa shape index (κ3) is 5.48. The number of ketones is 1. The minimum absolute atomic E-state index is 0.0287. The molecule has 162 valence electrons. The first kappa shape index (κ1) is 22.0. The Kier molecular flexibility index (Phi) is 7.02. The second kappa shape index (κ2) is 9.88. The highest BCUT2D eigenvalue weighted by molar-refractivity contribution is 5.97. The van der Waals surface area contributed by atoms with Gasteiger partial charge in [-0.05, 0) is 43.2 Å². The van der Waals surface area contributed by atoms with Crippen molar-refractivity contribution in [2.45, 2.75) is 33.3 Å². The maximum absolute atomic E-state index is 12.3. The predicted octanol–water partition coefficient (Wildman–Crippen LogP) is 4.08. The normalized spacial score (nSPS) is 10.6. The SMILES string of the molecule is COc1ccc(-c2noc(COC(=O)CCC(=O)c3ccc(C)c(C)c3)n2)c(OC)c1. The van der Waals surface area contributed by atoms with Gasteiger partial charge in [-0.2, -0.15) is 4.98 Å². The lowest BCUT2D eigenvalue weighted by Crippen LogP contribution is -2.08. The van der Waals surface area contributed by atoms with Gasteiger partial charge in [-0.3, -0.25) is 9.59 Å². The number of hydrogen-bond donors (Lipinski definition) is 0. The van der Waals surface area contributed by atoms with E-state index in [0.29, 0.717) is 28.5 Å². The summed E-state index contributed by atoms with van der Waals surface area (Å²) in [7, 11) is 3.09. The number of aromatic nitrogens is 2. The molecule has 0 radical (unpaired) electrons. The van der Waals surface area contributed by atoms with Gasteiger partial charge in [-0.25, -0.2) is 0 Å². The average Bonchev–Trinajstić information content (AvgIpc) is 3.26. The summed E-state index contributed by atoms with van der Waals surface area (Å²) in [5.74, 6) is 0.977. The fraction of sp³-hybridized carbons (Fsp3) is 0.304. The Morgan fingerprint density at radius 3 is 2.48 bits per heavy atom. The Bertz CT molecular complexity index is 1090. The van der Waals surface area contributed by atoms with E-state index in [0.717, 1.165) is 11.1 Å². The third-order valence-corrected chi connectivity index (χ3v) is 4.86. The maximum atomic E-state index is 12.3. The standard InChI is InChI=1S/C23H24N2O6/c1-14-5-6-16(11-15(14)2)19(26)9-10-22(27)30-13-21-24-23(25-31-21)18-8-7-17(28-3)12-20(18)29-4/h5-8,11-12H,9-10,13H2,1-4H3. The Hall–Kier alpha value is -3.68. The molecule has 1 heterocycles. The molecule has 0 saturated carbocycles. The number of rotatable bonds is 9. The van der Waals surface area contributed by atoms with Crippen molar-refractivity contribution in [3.8, 4) is 22.9 Å². The zero-order chi connectivity index (χ0) is 22.4. The zero-order valence-corrected chi connectivity index (χ0v) is 17.9. The number of esters is 1. The van der Waals surface area contributed by atoms with Crippen LogP contribution in [0.1, 0.15) is 40.2 Å². The lowest BCUT2D eigenvalue weighted by atomic mass is 10.0. The monoisotopic (exact) mass is 424 g/mol. The van der Waals surface area contributed by atoms with Crippen molar-refractivity contribution in [1.82, 2.24) is 10.1 Å². The molecule has 0 aliphatic heterocycles. The minimum atomic E-state index is -0.515. The quantitative estimate of drug-likeness (QED) is 0.374. The maximum Gasteiger partial charge on any atom is 0.306 e. The lowest BCUT2D eigenvalue weighted by molar-refractivity contribution is -0.145. The van der Waals surface area contributed by atoms with Gasteiger partial charge in [0.15, 0.2) is 12.4 Å². The average molecular weight is 424 g/mol. The van der Waals surface area contributed by atoms with Gasteiger partial charge in [-0.15, -0.1) is 0 Å². The molecule has 0 atom stereocenters. The van der Waals surface area contributed by atoms with E-state index in [2.05, 4.69) is 10.1 Å². The summed E-state index contributed by atoms with van der Waals surface area (Å²) >= 11 is 0. The Labute approximate surface area is 180 Å². The van der Waals surface area contributed by atoms with Crippen LogP contribution in [0.4, 0.5) is 0 Å². The summed E-state index contributed by atoms with van der Waals surface area (Å²) in [5, 5.41) is 3.91. The first-order chi connectivity index (χ1) is 14.9. The van der Waals surface area contributed by atoms with E-state index in [1.807, 2.05) is 26.0 Å². The molecule has 2 aromatic carbocycles. The van der Waals surface area contributed by atoms with E-state index in [9.17, 15) is 9.59 Å². The minimum Gasteiger partial charge on any atom is -0.497 e. The lowest BCUT2D eigenvalue weighted by Gasteiger charge is -2.07. The molecule has 0 spiro atoms. The number of nitrogens with zero attached hydrogens (tertiary/aromatic N) is 2. The van der Waals surface area contributed by atoms with E-state index in [-0.39, 0.29) is 31.1 Å². The molecule has 0 amide bonds. The van der Waals surface area contributed by atoms with Crippen molar-refractivity contribution >= 4 is 11.8 Å². The van der Waals surface area contributed by atoms with E-state index in [1.165, 1.54) is 7.11 Å². The van der Waals surface area contributed by atoms with Crippen LogP contribution in [0.2, 0.25) is 0 Å². The van der Waals surface area contributed by atoms with Gasteiger partial charge in [0.05, 0.1) is 26.2 Å². The molecule has 1 aromatic heterocycles. The second-order valence-corrected chi connectivity index (χ2v) is 6.96. The highest BCUT2D eigenvalue weighted by atomic mass is 16.6. The largest absolute Gasteiger partial charge is 0.497 e. The van der Waals surface area contributed by atoms with E-state index in [1.54, 1.807) is 31.4 Å². The highest BCUT2D eigenvalue weighted by Crippen LogP contribution is 2.31. The number of benzene rings is 2. The molecule has 0 aliphatic carbocycles. The first-order valence-electron chi connectivity index (χ1n) is 9.72. The molecular weight excluding hydrogens is 400 g/mol. The molecular formula is C23H24N2O6. The van der Waals surface area contributed by atoms with Crippen molar-refractivity contribution in [1.29, 1.82) is 0 Å². The summed E-state index contributed by atoms with van der Waals surface area (Å²) in [6, 6.07) is 10.7. The van der Waals surface area contributed by atoms with E-state index < -0.39 is 5.97 Å². The van der Waals surface area contributed by atoms with Crippen LogP contribution in [-0.4, -0.2) is 36.1 Å². The number of carbonyl (C=O) groups excluding carboxylic acids is 2. The molecule has 31 heavy (non-hydrogen) atoms. The van der Waals surface area contributed by atoms with Gasteiger partial charge in [0.25, 0.3) is 5.89 Å². The zero-order valence-electron chi connectivity index (χ0n) is 17.9. The fourth-order valence-electron chi connectivity index (χ4n) is 2.90. The molecule has 3 rings (SSSR count). The molecule has 3 aromatic rings. The van der Waals surface area contributed by atoms with Crippen LogP contribution in [0, 0.1) is 13.8 Å². The molecule has 0 N–H and O–H groups in total. The molecule has 0 saturated heterocycles. The molecule has 0 unspecified atom stereocenters. The molecule has 8 heteroatoms. The molecule has 0 bridgehead atoms. The van der Waals surface area contributed by atoms with Crippen LogP contribution in [0.25, 0.3) is 11.4 Å². The van der Waals surface area contributed by atoms with Crippen LogP contribution < -0.4 is 9.47 Å². The third-order valence-electron chi connectivity index (χ3n) is 4.86.